The molecule has 176 valence electrons. The van der Waals surface area contributed by atoms with Crippen LogP contribution in [-0.2, 0) is 11.2 Å². The van der Waals surface area contributed by atoms with Gasteiger partial charge in [-0.1, -0.05) is 17.7 Å². The summed E-state index contributed by atoms with van der Waals surface area (Å²) >= 11 is 6.15. The second-order valence-corrected chi connectivity index (χ2v) is 10.4. The van der Waals surface area contributed by atoms with Crippen LogP contribution in [0, 0.1) is 17.8 Å². The fourth-order valence-corrected chi connectivity index (χ4v) is 6.23. The molecule has 3 aromatic rings. The number of aliphatic carboxylic acids is 1. The Labute approximate surface area is 202 Å². The van der Waals surface area contributed by atoms with Crippen LogP contribution >= 0.6 is 11.6 Å². The number of allylic oxidation sites excluding steroid dienone is 1. The molecule has 0 aromatic carbocycles. The lowest BCUT2D eigenvalue weighted by atomic mass is 9.61. The van der Waals surface area contributed by atoms with Gasteiger partial charge >= 0.3 is 5.97 Å². The molecule has 4 aliphatic rings. The fraction of sp³-hybridized carbons (Fsp3) is 0.480. The largest absolute Gasteiger partial charge is 0.481 e. The van der Waals surface area contributed by atoms with Crippen LogP contribution in [0.15, 0.2) is 24.5 Å². The summed E-state index contributed by atoms with van der Waals surface area (Å²) in [6.07, 6.45) is 10.4. The van der Waals surface area contributed by atoms with Gasteiger partial charge < -0.3 is 15.0 Å². The van der Waals surface area contributed by atoms with Gasteiger partial charge in [0.1, 0.15) is 16.6 Å². The number of nitrogens with one attached hydrogen (secondary N) is 1. The Balaban J connectivity index is 1.47. The molecule has 0 saturated heterocycles. The number of halogens is 1. The van der Waals surface area contributed by atoms with E-state index in [1.165, 1.54) is 0 Å². The van der Waals surface area contributed by atoms with Crippen LogP contribution in [0.4, 0.5) is 5.82 Å². The number of hydrogen-bond acceptors (Lipinski definition) is 6. The maximum atomic E-state index is 12.2. The van der Waals surface area contributed by atoms with E-state index in [1.807, 2.05) is 18.3 Å². The van der Waals surface area contributed by atoms with E-state index in [4.69, 9.17) is 21.6 Å². The third-order valence-electron chi connectivity index (χ3n) is 7.75. The number of aromatic nitrogens is 5. The first-order valence-corrected chi connectivity index (χ1v) is 12.4. The van der Waals surface area contributed by atoms with Gasteiger partial charge in [-0.3, -0.25) is 9.78 Å². The normalized spacial score (nSPS) is 25.6. The molecule has 3 aromatic heterocycles. The molecule has 8 nitrogen and oxygen atoms in total. The van der Waals surface area contributed by atoms with Crippen molar-refractivity contribution in [1.82, 2.24) is 24.5 Å². The van der Waals surface area contributed by atoms with Crippen molar-refractivity contribution >= 4 is 40.0 Å². The molecule has 2 atom stereocenters. The topological polar surface area (TPSA) is 106 Å². The van der Waals surface area contributed by atoms with Crippen LogP contribution < -0.4 is 5.32 Å². The zero-order chi connectivity index (χ0) is 23.6. The summed E-state index contributed by atoms with van der Waals surface area (Å²) in [5.74, 6) is 0.687. The number of fused-ring (bicyclic) bond motifs is 5. The molecule has 34 heavy (non-hydrogen) atoms. The van der Waals surface area contributed by atoms with Crippen molar-refractivity contribution in [1.29, 1.82) is 0 Å². The number of carboxylic acids is 1. The summed E-state index contributed by atoms with van der Waals surface area (Å²) in [6.45, 7) is 4.23. The van der Waals surface area contributed by atoms with Crippen LogP contribution in [0.2, 0.25) is 5.15 Å². The molecule has 0 unspecified atom stereocenters. The monoisotopic (exact) mass is 478 g/mol. The van der Waals surface area contributed by atoms with Gasteiger partial charge in [0.05, 0.1) is 28.9 Å². The summed E-state index contributed by atoms with van der Waals surface area (Å²) in [5.41, 5.74) is 3.19. The lowest BCUT2D eigenvalue weighted by molar-refractivity contribution is -0.148. The van der Waals surface area contributed by atoms with E-state index in [2.05, 4.69) is 33.7 Å². The van der Waals surface area contributed by atoms with E-state index in [0.717, 1.165) is 48.0 Å². The highest BCUT2D eigenvalue weighted by atomic mass is 35.5. The van der Waals surface area contributed by atoms with E-state index in [-0.39, 0.29) is 18.0 Å². The molecule has 3 heterocycles. The maximum absolute atomic E-state index is 12.2. The van der Waals surface area contributed by atoms with Gasteiger partial charge in [0, 0.05) is 30.3 Å². The number of carboxylic acid groups (broad SMARTS) is 1. The molecule has 9 heteroatoms. The first-order chi connectivity index (χ1) is 16.4. The summed E-state index contributed by atoms with van der Waals surface area (Å²) < 4.78 is 2.12. The number of rotatable bonds is 5. The molecule has 3 saturated carbocycles. The Bertz CT molecular complexity index is 1320. The van der Waals surface area contributed by atoms with E-state index in [0.29, 0.717) is 34.8 Å². The van der Waals surface area contributed by atoms with Gasteiger partial charge in [-0.25, -0.2) is 15.0 Å². The highest BCUT2D eigenvalue weighted by Crippen LogP contribution is 2.47. The Morgan fingerprint density at radius 1 is 1.18 bits per heavy atom. The van der Waals surface area contributed by atoms with Crippen molar-refractivity contribution in [2.45, 2.75) is 58.0 Å². The predicted octanol–water partition coefficient (Wildman–Crippen LogP) is 4.74. The summed E-state index contributed by atoms with van der Waals surface area (Å²) in [6, 6.07) is 2.09. The number of nitrogens with zero attached hydrogens (tertiary/aromatic N) is 5. The van der Waals surface area contributed by atoms with Gasteiger partial charge in [-0.05, 0) is 57.4 Å². The minimum atomic E-state index is -0.713. The van der Waals surface area contributed by atoms with Crippen molar-refractivity contribution in [2.24, 2.45) is 17.8 Å². The molecule has 0 spiro atoms. The second kappa shape index (κ2) is 8.05. The highest BCUT2D eigenvalue weighted by Gasteiger charge is 2.47. The maximum Gasteiger partial charge on any atom is 0.308 e. The van der Waals surface area contributed by atoms with Crippen molar-refractivity contribution in [3.8, 4) is 0 Å². The van der Waals surface area contributed by atoms with Crippen LogP contribution in [0.5, 0.6) is 0 Å². The van der Waals surface area contributed by atoms with E-state index >= 15 is 0 Å². The molecular weight excluding hydrogens is 452 g/mol. The number of anilines is 1. The quantitative estimate of drug-likeness (QED) is 0.545. The molecule has 0 aliphatic heterocycles. The Hall–Kier alpha value is -3.00. The van der Waals surface area contributed by atoms with Gasteiger partial charge in [0.2, 0.25) is 0 Å². The van der Waals surface area contributed by atoms with Gasteiger partial charge in [0.25, 0.3) is 0 Å². The second-order valence-electron chi connectivity index (χ2n) is 9.97. The molecule has 7 rings (SSSR count). The number of carbonyl (C=O) groups is 1. The lowest BCUT2D eigenvalue weighted by Crippen LogP contribution is -2.51. The average molecular weight is 479 g/mol. The lowest BCUT2D eigenvalue weighted by Gasteiger charge is -2.47. The Morgan fingerprint density at radius 2 is 1.94 bits per heavy atom. The SMILES string of the molecule is CC(C)n1ccc2c(N[C@H]3C4CCC(CC4)[C@@H]3C(=O)O)nc(C3=CCc4ncc(Cl)nc43)nc21. The van der Waals surface area contributed by atoms with Crippen LogP contribution in [0.3, 0.4) is 0 Å². The highest BCUT2D eigenvalue weighted by molar-refractivity contribution is 6.29. The first-order valence-electron chi connectivity index (χ1n) is 12.0. The predicted molar refractivity (Wildman–Crippen MR) is 130 cm³/mol. The Morgan fingerprint density at radius 3 is 2.68 bits per heavy atom. The number of hydrogen-bond donors (Lipinski definition) is 2. The first kappa shape index (κ1) is 21.5. The van der Waals surface area contributed by atoms with Gasteiger partial charge in [0.15, 0.2) is 5.82 Å². The molecule has 2 N–H and O–H groups in total. The molecule has 4 aliphatic carbocycles. The van der Waals surface area contributed by atoms with Crippen LogP contribution in [0.25, 0.3) is 16.6 Å². The minimum Gasteiger partial charge on any atom is -0.481 e. The van der Waals surface area contributed by atoms with Crippen LogP contribution in [0.1, 0.15) is 62.8 Å². The summed E-state index contributed by atoms with van der Waals surface area (Å²) in [7, 11) is 0. The van der Waals surface area contributed by atoms with Crippen molar-refractivity contribution in [2.75, 3.05) is 5.32 Å². The van der Waals surface area contributed by atoms with Gasteiger partial charge in [-0.2, -0.15) is 0 Å². The third kappa shape index (κ3) is 3.38. The van der Waals surface area contributed by atoms with Crippen molar-refractivity contribution in [3.05, 3.63) is 46.9 Å². The van der Waals surface area contributed by atoms with Crippen molar-refractivity contribution < 1.29 is 9.90 Å². The fourth-order valence-electron chi connectivity index (χ4n) is 6.10. The van der Waals surface area contributed by atoms with Gasteiger partial charge in [-0.15, -0.1) is 0 Å². The molecule has 2 bridgehead atoms. The average Bonchev–Trinajstić information content (AvgIpc) is 3.43. The van der Waals surface area contributed by atoms with Crippen LogP contribution in [-0.4, -0.2) is 41.6 Å². The van der Waals surface area contributed by atoms with E-state index < -0.39 is 11.9 Å². The zero-order valence-corrected chi connectivity index (χ0v) is 20.0. The molecular formula is C25H27ClN6O2. The zero-order valence-electron chi connectivity index (χ0n) is 19.2. The third-order valence-corrected chi connectivity index (χ3v) is 7.93. The standard InChI is InChI=1S/C25H27ClN6O2/c1-12(2)32-10-9-16-23(29-20-14-5-3-13(4-6-14)19(20)25(33)34)30-22(31-24(16)32)15-7-8-17-21(15)28-18(26)11-27-17/h7,9-14,19-20H,3-6,8H2,1-2H3,(H,33,34)(H,29,30,31)/t13?,14?,19-,20-/m0/s1. The van der Waals surface area contributed by atoms with Crippen molar-refractivity contribution in [3.63, 3.8) is 0 Å². The smallest absolute Gasteiger partial charge is 0.308 e. The summed E-state index contributed by atoms with van der Waals surface area (Å²) in [4.78, 5) is 31.0. The summed E-state index contributed by atoms with van der Waals surface area (Å²) in [5, 5.41) is 14.9. The van der Waals surface area contributed by atoms with E-state index in [9.17, 15) is 9.90 Å². The Kier molecular flexibility index (Phi) is 5.09. The molecule has 0 amide bonds. The molecule has 0 radical (unpaired) electrons. The minimum absolute atomic E-state index is 0.141. The van der Waals surface area contributed by atoms with E-state index in [1.54, 1.807) is 6.20 Å². The molecule has 3 fully saturated rings.